The van der Waals surface area contributed by atoms with Crippen LogP contribution in [0.15, 0.2) is 12.3 Å². The van der Waals surface area contributed by atoms with E-state index in [1.807, 2.05) is 11.9 Å². The molecule has 0 amide bonds. The molecule has 104 valence electrons. The van der Waals surface area contributed by atoms with Crippen molar-refractivity contribution in [1.82, 2.24) is 4.98 Å². The van der Waals surface area contributed by atoms with Gasteiger partial charge in [0.1, 0.15) is 5.82 Å². The van der Waals surface area contributed by atoms with Crippen molar-refractivity contribution in [2.75, 3.05) is 37.4 Å². The summed E-state index contributed by atoms with van der Waals surface area (Å²) in [4.78, 5) is 17.2. The number of carbonyl (C=O) groups is 1. The van der Waals surface area contributed by atoms with Gasteiger partial charge >= 0.3 is 5.97 Å². The summed E-state index contributed by atoms with van der Waals surface area (Å²) >= 11 is 0. The van der Waals surface area contributed by atoms with E-state index in [2.05, 4.69) is 4.98 Å². The topological polar surface area (TPSA) is 88.7 Å². The second-order valence-electron chi connectivity index (χ2n) is 4.90. The van der Waals surface area contributed by atoms with Crippen LogP contribution in [0.4, 0.5) is 11.5 Å². The minimum Gasteiger partial charge on any atom is -0.478 e. The van der Waals surface area contributed by atoms with Gasteiger partial charge in [0, 0.05) is 20.2 Å². The zero-order chi connectivity index (χ0) is 13.8. The highest BCUT2D eigenvalue weighted by molar-refractivity contribution is 5.94. The Kier molecular flexibility index (Phi) is 4.21. The van der Waals surface area contributed by atoms with Crippen LogP contribution in [-0.4, -0.2) is 42.9 Å². The van der Waals surface area contributed by atoms with Crippen LogP contribution in [0.3, 0.4) is 0 Å². The van der Waals surface area contributed by atoms with Crippen LogP contribution in [0.25, 0.3) is 0 Å². The van der Waals surface area contributed by atoms with E-state index in [1.165, 1.54) is 12.3 Å². The van der Waals surface area contributed by atoms with E-state index in [0.717, 1.165) is 32.6 Å². The summed E-state index contributed by atoms with van der Waals surface area (Å²) in [6.45, 7) is 2.39. The molecule has 0 saturated carbocycles. The Morgan fingerprint density at radius 1 is 1.68 bits per heavy atom. The normalized spacial score (nSPS) is 19.1. The SMILES string of the molecule is CN(CC1CCCOC1)c1cc(C(=O)O)c(N)cn1. The Bertz CT molecular complexity index is 458. The molecule has 2 heterocycles. The molecule has 1 saturated heterocycles. The minimum atomic E-state index is -1.03. The smallest absolute Gasteiger partial charge is 0.337 e. The highest BCUT2D eigenvalue weighted by Crippen LogP contribution is 2.20. The summed E-state index contributed by atoms with van der Waals surface area (Å²) < 4.78 is 5.44. The first-order valence-corrected chi connectivity index (χ1v) is 6.35. The number of pyridine rings is 1. The Balaban J connectivity index is 2.07. The van der Waals surface area contributed by atoms with E-state index in [-0.39, 0.29) is 11.3 Å². The van der Waals surface area contributed by atoms with E-state index < -0.39 is 5.97 Å². The molecule has 1 aromatic rings. The molecule has 1 atom stereocenters. The lowest BCUT2D eigenvalue weighted by Crippen LogP contribution is -2.31. The van der Waals surface area contributed by atoms with Crippen LogP contribution in [0, 0.1) is 5.92 Å². The first-order valence-electron chi connectivity index (χ1n) is 6.35. The maximum absolute atomic E-state index is 11.0. The van der Waals surface area contributed by atoms with E-state index in [4.69, 9.17) is 15.6 Å². The third-order valence-corrected chi connectivity index (χ3v) is 3.33. The van der Waals surface area contributed by atoms with E-state index in [1.54, 1.807) is 0 Å². The highest BCUT2D eigenvalue weighted by atomic mass is 16.5. The molecule has 0 radical (unpaired) electrons. The van der Waals surface area contributed by atoms with Crippen LogP contribution in [0.5, 0.6) is 0 Å². The Labute approximate surface area is 112 Å². The van der Waals surface area contributed by atoms with E-state index in [0.29, 0.717) is 11.7 Å². The monoisotopic (exact) mass is 265 g/mol. The van der Waals surface area contributed by atoms with Gasteiger partial charge in [-0.1, -0.05) is 0 Å². The summed E-state index contributed by atoms with van der Waals surface area (Å²) in [5.74, 6) is 0.0547. The molecule has 0 aliphatic carbocycles. The number of aromatic nitrogens is 1. The first-order chi connectivity index (χ1) is 9.08. The van der Waals surface area contributed by atoms with Gasteiger partial charge in [0.05, 0.1) is 24.1 Å². The fourth-order valence-electron chi connectivity index (χ4n) is 2.28. The third-order valence-electron chi connectivity index (χ3n) is 3.33. The predicted molar refractivity (Wildman–Crippen MR) is 72.4 cm³/mol. The van der Waals surface area contributed by atoms with Crippen molar-refractivity contribution in [2.24, 2.45) is 5.92 Å². The molecule has 19 heavy (non-hydrogen) atoms. The maximum Gasteiger partial charge on any atom is 0.337 e. The van der Waals surface area contributed by atoms with Gasteiger partial charge in [0.2, 0.25) is 0 Å². The molecule has 2 rings (SSSR count). The van der Waals surface area contributed by atoms with Gasteiger partial charge in [-0.05, 0) is 24.8 Å². The molecule has 1 aromatic heterocycles. The van der Waals surface area contributed by atoms with Crippen molar-refractivity contribution < 1.29 is 14.6 Å². The number of hydrogen-bond donors (Lipinski definition) is 2. The molecular formula is C13H19N3O3. The van der Waals surface area contributed by atoms with Crippen molar-refractivity contribution in [3.63, 3.8) is 0 Å². The second kappa shape index (κ2) is 5.88. The number of anilines is 2. The fourth-order valence-corrected chi connectivity index (χ4v) is 2.28. The predicted octanol–water partition coefficient (Wildman–Crippen LogP) is 1.22. The zero-order valence-electron chi connectivity index (χ0n) is 11.0. The molecule has 1 fully saturated rings. The van der Waals surface area contributed by atoms with Gasteiger partial charge in [-0.15, -0.1) is 0 Å². The quantitative estimate of drug-likeness (QED) is 0.851. The number of nitrogens with two attached hydrogens (primary N) is 1. The van der Waals surface area contributed by atoms with E-state index >= 15 is 0 Å². The number of rotatable bonds is 4. The Morgan fingerprint density at radius 2 is 2.47 bits per heavy atom. The molecule has 3 N–H and O–H groups in total. The molecule has 6 nitrogen and oxygen atoms in total. The molecule has 1 aliphatic heterocycles. The van der Waals surface area contributed by atoms with Crippen LogP contribution >= 0.6 is 0 Å². The van der Waals surface area contributed by atoms with Crippen LogP contribution in [0.2, 0.25) is 0 Å². The average Bonchev–Trinajstić information content (AvgIpc) is 2.40. The van der Waals surface area contributed by atoms with Gasteiger partial charge in [-0.2, -0.15) is 0 Å². The summed E-state index contributed by atoms with van der Waals surface area (Å²) in [7, 11) is 1.90. The van der Waals surface area contributed by atoms with Crippen molar-refractivity contribution in [3.05, 3.63) is 17.8 Å². The minimum absolute atomic E-state index is 0.0942. The molecular weight excluding hydrogens is 246 g/mol. The van der Waals surface area contributed by atoms with Gasteiger partial charge in [-0.25, -0.2) is 9.78 Å². The third kappa shape index (κ3) is 3.35. The van der Waals surface area contributed by atoms with Gasteiger partial charge in [-0.3, -0.25) is 0 Å². The highest BCUT2D eigenvalue weighted by Gasteiger charge is 2.18. The van der Waals surface area contributed by atoms with Crippen LogP contribution in [-0.2, 0) is 4.74 Å². The van der Waals surface area contributed by atoms with Crippen molar-refractivity contribution in [2.45, 2.75) is 12.8 Å². The van der Waals surface area contributed by atoms with Crippen molar-refractivity contribution >= 4 is 17.5 Å². The lowest BCUT2D eigenvalue weighted by Gasteiger charge is -2.27. The van der Waals surface area contributed by atoms with Gasteiger partial charge in [0.25, 0.3) is 0 Å². The number of hydrogen-bond acceptors (Lipinski definition) is 5. The largest absolute Gasteiger partial charge is 0.478 e. The Hall–Kier alpha value is -1.82. The number of nitrogens with zero attached hydrogens (tertiary/aromatic N) is 2. The standard InChI is InChI=1S/C13H19N3O3/c1-16(7-9-3-2-4-19-8-9)12-5-10(13(17)18)11(14)6-15-12/h5-6,9H,2-4,7-8,14H2,1H3,(H,17,18). The van der Waals surface area contributed by atoms with Crippen molar-refractivity contribution in [1.29, 1.82) is 0 Å². The molecule has 6 heteroatoms. The maximum atomic E-state index is 11.0. The number of aromatic carboxylic acids is 1. The zero-order valence-corrected chi connectivity index (χ0v) is 11.0. The molecule has 1 unspecified atom stereocenters. The lowest BCUT2D eigenvalue weighted by molar-refractivity contribution is 0.0576. The second-order valence-corrected chi connectivity index (χ2v) is 4.90. The summed E-state index contributed by atoms with van der Waals surface area (Å²) in [6, 6.07) is 1.52. The molecule has 1 aliphatic rings. The van der Waals surface area contributed by atoms with E-state index in [9.17, 15) is 4.79 Å². The van der Waals surface area contributed by atoms with Crippen LogP contribution in [0.1, 0.15) is 23.2 Å². The summed E-state index contributed by atoms with van der Waals surface area (Å²) in [5, 5.41) is 9.05. The molecule has 0 bridgehead atoms. The number of carboxylic acids is 1. The Morgan fingerprint density at radius 3 is 3.11 bits per heavy atom. The number of carboxylic acid groups (broad SMARTS) is 1. The summed E-state index contributed by atoms with van der Waals surface area (Å²) in [5.41, 5.74) is 5.87. The average molecular weight is 265 g/mol. The van der Waals surface area contributed by atoms with Gasteiger partial charge < -0.3 is 20.5 Å². The van der Waals surface area contributed by atoms with Crippen molar-refractivity contribution in [3.8, 4) is 0 Å². The molecule has 0 spiro atoms. The number of nitrogen functional groups attached to an aromatic ring is 1. The first kappa shape index (κ1) is 13.6. The lowest BCUT2D eigenvalue weighted by atomic mass is 10.0. The van der Waals surface area contributed by atoms with Gasteiger partial charge in [0.15, 0.2) is 0 Å². The fraction of sp³-hybridized carbons (Fsp3) is 0.538. The molecule has 0 aromatic carbocycles. The number of ether oxygens (including phenoxy) is 1. The summed E-state index contributed by atoms with van der Waals surface area (Å²) in [6.07, 6.45) is 3.60. The van der Waals surface area contributed by atoms with Crippen LogP contribution < -0.4 is 10.6 Å².